The molecule has 102 valence electrons. The molecule has 0 amide bonds. The second-order valence-corrected chi connectivity index (χ2v) is 3.75. The fourth-order valence-corrected chi connectivity index (χ4v) is 1.40. The lowest BCUT2D eigenvalue weighted by Gasteiger charge is -2.12. The summed E-state index contributed by atoms with van der Waals surface area (Å²) in [5.41, 5.74) is 5.59. The van der Waals surface area contributed by atoms with Crippen LogP contribution in [0.3, 0.4) is 0 Å². The Hall–Kier alpha value is -1.59. The van der Waals surface area contributed by atoms with Gasteiger partial charge in [-0.05, 0) is 6.42 Å². The molecule has 0 spiro atoms. The second kappa shape index (κ2) is 6.98. The molecule has 18 heavy (non-hydrogen) atoms. The molecule has 6 heteroatoms. The van der Waals surface area contributed by atoms with Crippen molar-refractivity contribution in [3.8, 4) is 11.5 Å². The Morgan fingerprint density at radius 3 is 2.56 bits per heavy atom. The Bertz CT molecular complexity index is 386. The first kappa shape index (κ1) is 14.5. The highest BCUT2D eigenvalue weighted by atomic mass is 19.3. The number of alkyl halides is 2. The lowest BCUT2D eigenvalue weighted by molar-refractivity contribution is -0.0522. The van der Waals surface area contributed by atoms with Gasteiger partial charge in [0, 0.05) is 12.1 Å². The SMILES string of the molecule is CCCCCOc1cc(OC(F)F)c(F)cc1N. The van der Waals surface area contributed by atoms with Gasteiger partial charge in [-0.1, -0.05) is 19.8 Å². The predicted octanol–water partition coefficient (Wildman–Crippen LogP) is 3.58. The standard InChI is InChI=1S/C12H16F3NO2/c1-2-3-4-5-17-11-7-10(18-12(14)15)8(13)6-9(11)16/h6-7,12H,2-5,16H2,1H3. The summed E-state index contributed by atoms with van der Waals surface area (Å²) in [5.74, 6) is -1.35. The van der Waals surface area contributed by atoms with E-state index in [0.29, 0.717) is 6.61 Å². The molecule has 0 radical (unpaired) electrons. The Kier molecular flexibility index (Phi) is 5.61. The molecular weight excluding hydrogens is 247 g/mol. The van der Waals surface area contributed by atoms with E-state index in [9.17, 15) is 13.2 Å². The Morgan fingerprint density at radius 2 is 1.94 bits per heavy atom. The van der Waals surface area contributed by atoms with Crippen LogP contribution < -0.4 is 15.2 Å². The molecule has 0 atom stereocenters. The average molecular weight is 263 g/mol. The number of hydrogen-bond donors (Lipinski definition) is 1. The van der Waals surface area contributed by atoms with Gasteiger partial charge in [-0.25, -0.2) is 4.39 Å². The van der Waals surface area contributed by atoms with Crippen molar-refractivity contribution in [3.05, 3.63) is 17.9 Å². The first-order valence-electron chi connectivity index (χ1n) is 5.71. The molecule has 2 N–H and O–H groups in total. The number of halogens is 3. The largest absolute Gasteiger partial charge is 0.491 e. The summed E-state index contributed by atoms with van der Waals surface area (Å²) in [6.07, 6.45) is 2.84. The van der Waals surface area contributed by atoms with Crippen LogP contribution in [0.5, 0.6) is 11.5 Å². The van der Waals surface area contributed by atoms with E-state index in [4.69, 9.17) is 10.5 Å². The zero-order valence-electron chi connectivity index (χ0n) is 10.1. The van der Waals surface area contributed by atoms with E-state index in [2.05, 4.69) is 4.74 Å². The number of rotatable bonds is 7. The van der Waals surface area contributed by atoms with Crippen molar-refractivity contribution in [1.82, 2.24) is 0 Å². The van der Waals surface area contributed by atoms with Crippen LogP contribution in [-0.4, -0.2) is 13.2 Å². The van der Waals surface area contributed by atoms with Crippen LogP contribution in [-0.2, 0) is 0 Å². The Labute approximate surface area is 104 Å². The summed E-state index contributed by atoms with van der Waals surface area (Å²) in [5, 5.41) is 0. The highest BCUT2D eigenvalue weighted by Gasteiger charge is 2.14. The minimum absolute atomic E-state index is 0.0608. The number of hydrogen-bond acceptors (Lipinski definition) is 3. The molecule has 0 aliphatic heterocycles. The van der Waals surface area contributed by atoms with Crippen molar-refractivity contribution in [2.24, 2.45) is 0 Å². The third-order valence-electron chi connectivity index (χ3n) is 2.29. The summed E-state index contributed by atoms with van der Waals surface area (Å²) in [6, 6.07) is 1.95. The fraction of sp³-hybridized carbons (Fsp3) is 0.500. The molecule has 0 aliphatic rings. The van der Waals surface area contributed by atoms with Crippen LogP contribution in [0.15, 0.2) is 12.1 Å². The van der Waals surface area contributed by atoms with E-state index in [1.54, 1.807) is 0 Å². The van der Waals surface area contributed by atoms with Gasteiger partial charge in [0.15, 0.2) is 11.6 Å². The van der Waals surface area contributed by atoms with E-state index in [-0.39, 0.29) is 11.4 Å². The van der Waals surface area contributed by atoms with Crippen LogP contribution in [0.2, 0.25) is 0 Å². The number of nitrogen functional groups attached to an aromatic ring is 1. The van der Waals surface area contributed by atoms with Crippen LogP contribution in [0, 0.1) is 5.82 Å². The fourth-order valence-electron chi connectivity index (χ4n) is 1.40. The van der Waals surface area contributed by atoms with Crippen LogP contribution in [0.4, 0.5) is 18.9 Å². The van der Waals surface area contributed by atoms with E-state index in [1.807, 2.05) is 6.92 Å². The van der Waals surface area contributed by atoms with E-state index in [1.165, 1.54) is 0 Å². The molecule has 1 rings (SSSR count). The van der Waals surface area contributed by atoms with Gasteiger partial charge in [0.1, 0.15) is 5.75 Å². The number of ether oxygens (including phenoxy) is 2. The second-order valence-electron chi connectivity index (χ2n) is 3.75. The number of nitrogens with two attached hydrogens (primary N) is 1. The molecule has 0 saturated carbocycles. The van der Waals surface area contributed by atoms with Gasteiger partial charge in [-0.2, -0.15) is 8.78 Å². The van der Waals surface area contributed by atoms with E-state index < -0.39 is 18.2 Å². The van der Waals surface area contributed by atoms with Crippen molar-refractivity contribution in [2.75, 3.05) is 12.3 Å². The summed E-state index contributed by atoms with van der Waals surface area (Å²) >= 11 is 0. The monoisotopic (exact) mass is 263 g/mol. The quantitative estimate of drug-likeness (QED) is 0.604. The molecule has 3 nitrogen and oxygen atoms in total. The van der Waals surface area contributed by atoms with E-state index in [0.717, 1.165) is 31.4 Å². The van der Waals surface area contributed by atoms with Gasteiger partial charge in [-0.3, -0.25) is 0 Å². The summed E-state index contributed by atoms with van der Waals surface area (Å²) in [4.78, 5) is 0. The smallest absolute Gasteiger partial charge is 0.387 e. The normalized spacial score (nSPS) is 10.7. The average Bonchev–Trinajstić information content (AvgIpc) is 2.29. The van der Waals surface area contributed by atoms with Crippen molar-refractivity contribution < 1.29 is 22.6 Å². The maximum Gasteiger partial charge on any atom is 0.387 e. The van der Waals surface area contributed by atoms with Gasteiger partial charge >= 0.3 is 6.61 Å². The molecule has 0 bridgehead atoms. The zero-order chi connectivity index (χ0) is 13.5. The van der Waals surface area contributed by atoms with E-state index >= 15 is 0 Å². The molecule has 0 fully saturated rings. The summed E-state index contributed by atoms with van der Waals surface area (Å²) < 4.78 is 46.6. The summed E-state index contributed by atoms with van der Waals surface area (Å²) in [6.45, 7) is -0.644. The van der Waals surface area contributed by atoms with Crippen molar-refractivity contribution >= 4 is 5.69 Å². The van der Waals surface area contributed by atoms with Gasteiger partial charge in [-0.15, -0.1) is 0 Å². The highest BCUT2D eigenvalue weighted by molar-refractivity contribution is 5.56. The van der Waals surface area contributed by atoms with Crippen LogP contribution in [0.1, 0.15) is 26.2 Å². The van der Waals surface area contributed by atoms with Gasteiger partial charge in [0.25, 0.3) is 0 Å². The minimum atomic E-state index is -3.09. The van der Waals surface area contributed by atoms with Crippen molar-refractivity contribution in [3.63, 3.8) is 0 Å². The first-order valence-corrected chi connectivity index (χ1v) is 5.71. The third-order valence-corrected chi connectivity index (χ3v) is 2.29. The minimum Gasteiger partial charge on any atom is -0.491 e. The first-order chi connectivity index (χ1) is 8.54. The van der Waals surface area contributed by atoms with Gasteiger partial charge in [0.2, 0.25) is 0 Å². The molecule has 0 saturated heterocycles. The molecule has 0 aromatic heterocycles. The van der Waals surface area contributed by atoms with Gasteiger partial charge in [0.05, 0.1) is 12.3 Å². The van der Waals surface area contributed by atoms with Gasteiger partial charge < -0.3 is 15.2 Å². The van der Waals surface area contributed by atoms with Crippen molar-refractivity contribution in [1.29, 1.82) is 0 Å². The molecular formula is C12H16F3NO2. The third kappa shape index (κ3) is 4.35. The summed E-state index contributed by atoms with van der Waals surface area (Å²) in [7, 11) is 0. The zero-order valence-corrected chi connectivity index (χ0v) is 10.1. The molecule has 0 heterocycles. The van der Waals surface area contributed by atoms with Crippen molar-refractivity contribution in [2.45, 2.75) is 32.8 Å². The Balaban J connectivity index is 2.71. The van der Waals surface area contributed by atoms with Crippen LogP contribution >= 0.6 is 0 Å². The lowest BCUT2D eigenvalue weighted by atomic mass is 10.2. The molecule has 0 unspecified atom stereocenters. The molecule has 0 aliphatic carbocycles. The maximum absolute atomic E-state index is 13.2. The molecule has 1 aromatic rings. The number of benzene rings is 1. The number of anilines is 1. The maximum atomic E-state index is 13.2. The lowest BCUT2D eigenvalue weighted by Crippen LogP contribution is -2.06. The predicted molar refractivity (Wildman–Crippen MR) is 62.5 cm³/mol. The number of unbranched alkanes of at least 4 members (excludes halogenated alkanes) is 2. The Morgan fingerprint density at radius 1 is 1.22 bits per heavy atom. The van der Waals surface area contributed by atoms with Crippen LogP contribution in [0.25, 0.3) is 0 Å². The topological polar surface area (TPSA) is 44.5 Å². The molecule has 1 aromatic carbocycles. The highest BCUT2D eigenvalue weighted by Crippen LogP contribution is 2.31.